The van der Waals surface area contributed by atoms with Gasteiger partial charge in [-0.05, 0) is 50.4 Å². The van der Waals surface area contributed by atoms with Crippen molar-refractivity contribution < 1.29 is 4.79 Å². The Balaban J connectivity index is 1.37. The van der Waals surface area contributed by atoms with E-state index in [9.17, 15) is 4.79 Å². The monoisotopic (exact) mass is 385 g/mol. The molecule has 0 radical (unpaired) electrons. The number of hydrogen-bond donors (Lipinski definition) is 1. The van der Waals surface area contributed by atoms with Crippen molar-refractivity contribution in [2.45, 2.75) is 40.2 Å². The van der Waals surface area contributed by atoms with Gasteiger partial charge in [0.15, 0.2) is 5.13 Å². The standard InChI is InChI=1S/C20H27N5OS/c1-14-8-18(21-9-15(14)2)25-7-5-20(13-25)4-6-24(12-20)11-17-10-22-19(27-17)23-16(3)26/h8-10H,4-7,11-13H2,1-3H3,(H,22,23,26). The summed E-state index contributed by atoms with van der Waals surface area (Å²) >= 11 is 1.57. The maximum absolute atomic E-state index is 11.2. The maximum Gasteiger partial charge on any atom is 0.223 e. The molecule has 6 nitrogen and oxygen atoms in total. The summed E-state index contributed by atoms with van der Waals surface area (Å²) in [5.41, 5.74) is 2.95. The van der Waals surface area contributed by atoms with E-state index in [1.54, 1.807) is 11.3 Å². The molecule has 2 aliphatic heterocycles. The number of carbonyl (C=O) groups is 1. The molecule has 0 aromatic carbocycles. The normalized spacial score (nSPS) is 22.7. The van der Waals surface area contributed by atoms with Crippen LogP contribution in [0.1, 0.15) is 35.8 Å². The third-order valence-corrected chi connectivity index (χ3v) is 6.75. The summed E-state index contributed by atoms with van der Waals surface area (Å²) < 4.78 is 0. The third-order valence-electron chi connectivity index (χ3n) is 5.85. The Morgan fingerprint density at radius 1 is 1.19 bits per heavy atom. The van der Waals surface area contributed by atoms with E-state index in [2.05, 4.69) is 45.0 Å². The molecule has 0 aliphatic carbocycles. The first-order chi connectivity index (χ1) is 12.9. The number of pyridine rings is 1. The molecule has 7 heteroatoms. The lowest BCUT2D eigenvalue weighted by atomic mass is 9.86. The Morgan fingerprint density at radius 3 is 2.78 bits per heavy atom. The zero-order valence-corrected chi connectivity index (χ0v) is 17.1. The molecule has 4 heterocycles. The summed E-state index contributed by atoms with van der Waals surface area (Å²) in [6, 6.07) is 2.22. The van der Waals surface area contributed by atoms with Gasteiger partial charge in [-0.25, -0.2) is 9.97 Å². The highest BCUT2D eigenvalue weighted by Crippen LogP contribution is 2.41. The fourth-order valence-electron chi connectivity index (χ4n) is 4.22. The first kappa shape index (κ1) is 18.4. The number of aromatic nitrogens is 2. The van der Waals surface area contributed by atoms with Crippen LogP contribution in [-0.4, -0.2) is 47.0 Å². The van der Waals surface area contributed by atoms with Crippen LogP contribution in [0.15, 0.2) is 18.5 Å². The SMILES string of the molecule is CC(=O)Nc1ncc(CN2CCC3(CCN(c4cc(C)c(C)cn4)C3)C2)s1. The van der Waals surface area contributed by atoms with Gasteiger partial charge < -0.3 is 10.2 Å². The van der Waals surface area contributed by atoms with E-state index in [-0.39, 0.29) is 5.91 Å². The number of nitrogens with zero attached hydrogens (tertiary/aromatic N) is 4. The smallest absolute Gasteiger partial charge is 0.223 e. The first-order valence-electron chi connectivity index (χ1n) is 9.55. The molecule has 2 saturated heterocycles. The number of amides is 1. The molecule has 27 heavy (non-hydrogen) atoms. The molecule has 2 aromatic rings. The van der Waals surface area contributed by atoms with E-state index < -0.39 is 0 Å². The Morgan fingerprint density at radius 2 is 2.00 bits per heavy atom. The minimum absolute atomic E-state index is 0.0676. The van der Waals surface area contributed by atoms with Crippen LogP contribution in [0.3, 0.4) is 0 Å². The fraction of sp³-hybridized carbons (Fsp3) is 0.550. The molecule has 2 fully saturated rings. The molecule has 1 spiro atoms. The predicted molar refractivity (Wildman–Crippen MR) is 109 cm³/mol. The molecule has 0 bridgehead atoms. The Bertz CT molecular complexity index is 851. The van der Waals surface area contributed by atoms with Gasteiger partial charge in [0.25, 0.3) is 0 Å². The number of aryl methyl sites for hydroxylation is 2. The van der Waals surface area contributed by atoms with E-state index in [1.807, 2.05) is 12.4 Å². The molecule has 1 unspecified atom stereocenters. The summed E-state index contributed by atoms with van der Waals surface area (Å²) in [6.45, 7) is 11.2. The lowest BCUT2D eigenvalue weighted by Crippen LogP contribution is -2.31. The average molecular weight is 386 g/mol. The van der Waals surface area contributed by atoms with Crippen molar-refractivity contribution >= 4 is 28.2 Å². The largest absolute Gasteiger partial charge is 0.356 e. The van der Waals surface area contributed by atoms with Crippen LogP contribution in [0.25, 0.3) is 0 Å². The van der Waals surface area contributed by atoms with Gasteiger partial charge in [0.2, 0.25) is 5.91 Å². The van der Waals surface area contributed by atoms with Gasteiger partial charge >= 0.3 is 0 Å². The van der Waals surface area contributed by atoms with Crippen LogP contribution in [0.4, 0.5) is 10.9 Å². The topological polar surface area (TPSA) is 61.4 Å². The van der Waals surface area contributed by atoms with Crippen molar-refractivity contribution in [1.29, 1.82) is 0 Å². The molecule has 1 amide bonds. The molecular formula is C20H27N5OS. The summed E-state index contributed by atoms with van der Waals surface area (Å²) in [7, 11) is 0. The second-order valence-electron chi connectivity index (χ2n) is 8.07. The van der Waals surface area contributed by atoms with Crippen LogP contribution >= 0.6 is 11.3 Å². The zero-order valence-electron chi connectivity index (χ0n) is 16.3. The number of anilines is 2. The highest BCUT2D eigenvalue weighted by atomic mass is 32.1. The third kappa shape index (κ3) is 3.99. The highest BCUT2D eigenvalue weighted by molar-refractivity contribution is 7.15. The lowest BCUT2D eigenvalue weighted by molar-refractivity contribution is -0.114. The number of thiazole rings is 1. The Hall–Kier alpha value is -1.99. The van der Waals surface area contributed by atoms with E-state index >= 15 is 0 Å². The Kier molecular flexibility index (Phi) is 4.90. The lowest BCUT2D eigenvalue weighted by Gasteiger charge is -2.25. The number of carbonyl (C=O) groups excluding carboxylic acids is 1. The molecular weight excluding hydrogens is 358 g/mol. The summed E-state index contributed by atoms with van der Waals surface area (Å²) in [5.74, 6) is 1.05. The summed E-state index contributed by atoms with van der Waals surface area (Å²) in [5, 5.41) is 3.46. The van der Waals surface area contributed by atoms with Gasteiger partial charge in [0, 0.05) is 55.8 Å². The summed E-state index contributed by atoms with van der Waals surface area (Å²) in [6.07, 6.45) is 6.36. The quantitative estimate of drug-likeness (QED) is 0.876. The van der Waals surface area contributed by atoms with E-state index in [0.29, 0.717) is 10.5 Å². The molecule has 2 aromatic heterocycles. The molecule has 1 atom stereocenters. The molecule has 2 aliphatic rings. The van der Waals surface area contributed by atoms with Crippen molar-refractivity contribution in [3.63, 3.8) is 0 Å². The van der Waals surface area contributed by atoms with Crippen molar-refractivity contribution in [2.75, 3.05) is 36.4 Å². The second kappa shape index (κ2) is 7.20. The van der Waals surface area contributed by atoms with E-state index in [4.69, 9.17) is 0 Å². The van der Waals surface area contributed by atoms with Crippen LogP contribution in [0.5, 0.6) is 0 Å². The minimum atomic E-state index is -0.0676. The van der Waals surface area contributed by atoms with Gasteiger partial charge in [-0.1, -0.05) is 0 Å². The van der Waals surface area contributed by atoms with Crippen molar-refractivity contribution in [1.82, 2.24) is 14.9 Å². The molecule has 1 N–H and O–H groups in total. The highest BCUT2D eigenvalue weighted by Gasteiger charge is 2.43. The van der Waals surface area contributed by atoms with Gasteiger partial charge in [-0.15, -0.1) is 11.3 Å². The molecule has 144 valence electrons. The Labute approximate surface area is 164 Å². The van der Waals surface area contributed by atoms with Gasteiger partial charge in [-0.3, -0.25) is 9.69 Å². The van der Waals surface area contributed by atoms with Gasteiger partial charge in [0.1, 0.15) is 5.82 Å². The predicted octanol–water partition coefficient (Wildman–Crippen LogP) is 3.22. The van der Waals surface area contributed by atoms with E-state index in [1.165, 1.54) is 35.8 Å². The van der Waals surface area contributed by atoms with Crippen LogP contribution in [-0.2, 0) is 11.3 Å². The fourth-order valence-corrected chi connectivity index (χ4v) is 5.12. The van der Waals surface area contributed by atoms with Crippen LogP contribution < -0.4 is 10.2 Å². The van der Waals surface area contributed by atoms with Crippen molar-refractivity contribution in [3.8, 4) is 0 Å². The number of hydrogen-bond acceptors (Lipinski definition) is 6. The molecule has 4 rings (SSSR count). The average Bonchev–Trinajstić information content (AvgIpc) is 3.32. The summed E-state index contributed by atoms with van der Waals surface area (Å²) in [4.78, 5) is 26.3. The molecule has 0 saturated carbocycles. The zero-order chi connectivity index (χ0) is 19.0. The van der Waals surface area contributed by atoms with Crippen molar-refractivity contribution in [2.24, 2.45) is 5.41 Å². The van der Waals surface area contributed by atoms with Crippen molar-refractivity contribution in [3.05, 3.63) is 34.5 Å². The minimum Gasteiger partial charge on any atom is -0.356 e. The second-order valence-corrected chi connectivity index (χ2v) is 9.19. The first-order valence-corrected chi connectivity index (χ1v) is 10.4. The number of likely N-dealkylation sites (tertiary alicyclic amines) is 1. The number of nitrogens with one attached hydrogen (secondary N) is 1. The van der Waals surface area contributed by atoms with Crippen LogP contribution in [0, 0.1) is 19.3 Å². The van der Waals surface area contributed by atoms with Gasteiger partial charge in [0.05, 0.1) is 0 Å². The van der Waals surface area contributed by atoms with Gasteiger partial charge in [-0.2, -0.15) is 0 Å². The van der Waals surface area contributed by atoms with Crippen LogP contribution in [0.2, 0.25) is 0 Å². The maximum atomic E-state index is 11.2. The number of rotatable bonds is 4. The van der Waals surface area contributed by atoms with E-state index in [0.717, 1.165) is 38.5 Å².